The van der Waals surface area contributed by atoms with Gasteiger partial charge in [-0.05, 0) is 6.42 Å². The lowest BCUT2D eigenvalue weighted by molar-refractivity contribution is 0.317. The average molecular weight is 193 g/mol. The summed E-state index contributed by atoms with van der Waals surface area (Å²) in [4.78, 5) is 11.3. The summed E-state index contributed by atoms with van der Waals surface area (Å²) < 4.78 is 0. The summed E-state index contributed by atoms with van der Waals surface area (Å²) in [5, 5.41) is 1.44. The van der Waals surface area contributed by atoms with Crippen molar-refractivity contribution in [2.24, 2.45) is 16.6 Å². The van der Waals surface area contributed by atoms with Gasteiger partial charge in [-0.25, -0.2) is 15.8 Å². The van der Waals surface area contributed by atoms with Gasteiger partial charge in [-0.3, -0.25) is 5.01 Å². The van der Waals surface area contributed by atoms with Crippen LogP contribution in [0.15, 0.2) is 11.3 Å². The zero-order chi connectivity index (χ0) is 10.1. The molecule has 1 aromatic rings. The number of hydrazine groups is 1. The molecular formula is C8H13N6. The molecule has 1 aliphatic heterocycles. The van der Waals surface area contributed by atoms with Crippen molar-refractivity contribution in [3.05, 3.63) is 18.9 Å². The first-order chi connectivity index (χ1) is 6.74. The number of nitrogens with zero attached hydrogens (tertiary/aromatic N) is 3. The average Bonchev–Trinajstić information content (AvgIpc) is 2.62. The van der Waals surface area contributed by atoms with E-state index in [1.807, 2.05) is 0 Å². The van der Waals surface area contributed by atoms with Gasteiger partial charge in [0.15, 0.2) is 5.82 Å². The van der Waals surface area contributed by atoms with Crippen molar-refractivity contribution in [3.63, 3.8) is 0 Å². The van der Waals surface area contributed by atoms with Crippen LogP contribution in [0.3, 0.4) is 0 Å². The molecule has 6 heteroatoms. The second-order valence-corrected chi connectivity index (χ2v) is 3.12. The summed E-state index contributed by atoms with van der Waals surface area (Å²) in [6.07, 6.45) is 2.59. The molecule has 1 atom stereocenters. The number of nitrogens with two attached hydrogens (primary N) is 2. The van der Waals surface area contributed by atoms with Crippen LogP contribution in [0, 0.1) is 6.92 Å². The summed E-state index contributed by atoms with van der Waals surface area (Å²) in [6.45, 7) is 3.75. The Balaban J connectivity index is 2.37. The molecule has 0 saturated heterocycles. The number of aromatic amines is 1. The molecule has 0 aromatic carbocycles. The van der Waals surface area contributed by atoms with Crippen molar-refractivity contribution in [3.8, 4) is 0 Å². The van der Waals surface area contributed by atoms with Crippen LogP contribution >= 0.6 is 0 Å². The number of aliphatic imine (C=N–C) groups is 1. The number of H-pyrrole nitrogens is 1. The zero-order valence-electron chi connectivity index (χ0n) is 7.77. The molecule has 0 amide bonds. The van der Waals surface area contributed by atoms with Crippen molar-refractivity contribution in [1.29, 1.82) is 0 Å². The maximum Gasteiger partial charge on any atom is 0.158 e. The molecule has 2 rings (SSSR count). The van der Waals surface area contributed by atoms with Gasteiger partial charge in [-0.15, -0.1) is 0 Å². The first-order valence-corrected chi connectivity index (χ1v) is 4.43. The summed E-state index contributed by atoms with van der Waals surface area (Å²) in [5.74, 6) is 7.22. The summed E-state index contributed by atoms with van der Waals surface area (Å²) >= 11 is 0. The minimum absolute atomic E-state index is 0.421. The molecule has 1 aliphatic rings. The second-order valence-electron chi connectivity index (χ2n) is 3.12. The summed E-state index contributed by atoms with van der Waals surface area (Å²) in [7, 11) is 0. The van der Waals surface area contributed by atoms with Gasteiger partial charge in [-0.2, -0.15) is 0 Å². The Bertz CT molecular complexity index is 354. The maximum absolute atomic E-state index is 5.87. The highest BCUT2D eigenvalue weighted by Gasteiger charge is 2.26. The topological polar surface area (TPSA) is 96.3 Å². The van der Waals surface area contributed by atoms with Crippen LogP contribution < -0.4 is 11.6 Å². The van der Waals surface area contributed by atoms with Gasteiger partial charge in [0, 0.05) is 6.42 Å². The van der Waals surface area contributed by atoms with E-state index in [2.05, 4.69) is 21.9 Å². The van der Waals surface area contributed by atoms with Crippen molar-refractivity contribution in [1.82, 2.24) is 15.0 Å². The third-order valence-electron chi connectivity index (χ3n) is 2.17. The molecule has 14 heavy (non-hydrogen) atoms. The second kappa shape index (κ2) is 3.39. The fraction of sp³-hybridized carbons (Fsp3) is 0.375. The van der Waals surface area contributed by atoms with Crippen LogP contribution in [-0.4, -0.2) is 20.8 Å². The van der Waals surface area contributed by atoms with E-state index in [1.54, 1.807) is 6.33 Å². The van der Waals surface area contributed by atoms with Crippen molar-refractivity contribution >= 4 is 11.7 Å². The summed E-state index contributed by atoms with van der Waals surface area (Å²) in [6, 6.07) is 0. The lowest BCUT2D eigenvalue weighted by Crippen LogP contribution is -2.46. The number of hydrogen-bond donors (Lipinski definition) is 3. The Morgan fingerprint density at radius 3 is 3.14 bits per heavy atom. The molecule has 0 fully saturated rings. The van der Waals surface area contributed by atoms with Gasteiger partial charge in [0.05, 0.1) is 6.33 Å². The fourth-order valence-electron chi connectivity index (χ4n) is 1.43. The molecule has 1 aromatic heterocycles. The molecular weight excluding hydrogens is 180 g/mol. The highest BCUT2D eigenvalue weighted by atomic mass is 15.5. The molecule has 0 bridgehead atoms. The smallest absolute Gasteiger partial charge is 0.158 e. The van der Waals surface area contributed by atoms with E-state index in [1.165, 1.54) is 5.01 Å². The number of amidine groups is 1. The van der Waals surface area contributed by atoms with Crippen LogP contribution in [0.4, 0.5) is 5.82 Å². The number of aromatic nitrogens is 2. The van der Waals surface area contributed by atoms with Crippen LogP contribution in [0.2, 0.25) is 0 Å². The van der Waals surface area contributed by atoms with Gasteiger partial charge in [0.2, 0.25) is 0 Å². The highest BCUT2D eigenvalue weighted by Crippen LogP contribution is 2.27. The van der Waals surface area contributed by atoms with Crippen LogP contribution in [0.25, 0.3) is 0 Å². The third-order valence-corrected chi connectivity index (χ3v) is 2.17. The van der Waals surface area contributed by atoms with E-state index in [0.29, 0.717) is 17.9 Å². The van der Waals surface area contributed by atoms with E-state index >= 15 is 0 Å². The van der Waals surface area contributed by atoms with Crippen LogP contribution in [0.1, 0.15) is 24.7 Å². The van der Waals surface area contributed by atoms with E-state index in [4.69, 9.17) is 11.6 Å². The molecule has 5 N–H and O–H groups in total. The highest BCUT2D eigenvalue weighted by molar-refractivity contribution is 5.86. The predicted molar refractivity (Wildman–Crippen MR) is 53.2 cm³/mol. The monoisotopic (exact) mass is 193 g/mol. The molecule has 0 spiro atoms. The van der Waals surface area contributed by atoms with Gasteiger partial charge < -0.3 is 10.7 Å². The summed E-state index contributed by atoms with van der Waals surface area (Å²) in [5.41, 5.74) is 6.55. The predicted octanol–water partition coefficient (Wildman–Crippen LogP) is 0.201. The van der Waals surface area contributed by atoms with Gasteiger partial charge >= 0.3 is 0 Å². The third kappa shape index (κ3) is 1.28. The Morgan fingerprint density at radius 1 is 1.64 bits per heavy atom. The Morgan fingerprint density at radius 2 is 2.43 bits per heavy atom. The molecule has 1 radical (unpaired) electrons. The Hall–Kier alpha value is -1.40. The van der Waals surface area contributed by atoms with Gasteiger partial charge in [0.25, 0.3) is 0 Å². The largest absolute Gasteiger partial charge is 0.329 e. The zero-order valence-corrected chi connectivity index (χ0v) is 7.77. The maximum atomic E-state index is 5.87. The van der Waals surface area contributed by atoms with E-state index in [-0.39, 0.29) is 0 Å². The van der Waals surface area contributed by atoms with Gasteiger partial charge in [-0.1, -0.05) is 6.92 Å². The minimum Gasteiger partial charge on any atom is -0.329 e. The standard InChI is InChI=1S/C8H13N6/c1-2-3-5-13-8-6(11-4-12-8)7(9)14(5)10/h4,7H,1-3,9-10H2,(H,11,12). The molecule has 0 aliphatic carbocycles. The molecule has 0 saturated carbocycles. The first-order valence-electron chi connectivity index (χ1n) is 4.43. The van der Waals surface area contributed by atoms with Crippen LogP contribution in [0.5, 0.6) is 0 Å². The minimum atomic E-state index is -0.421. The number of fused-ring (bicyclic) bond motifs is 1. The lowest BCUT2D eigenvalue weighted by atomic mass is 10.2. The number of imidazole rings is 1. The fourth-order valence-corrected chi connectivity index (χ4v) is 1.43. The molecule has 75 valence electrons. The number of rotatable bonds is 2. The van der Waals surface area contributed by atoms with Crippen molar-refractivity contribution < 1.29 is 0 Å². The van der Waals surface area contributed by atoms with Crippen molar-refractivity contribution in [2.75, 3.05) is 0 Å². The van der Waals surface area contributed by atoms with E-state index in [9.17, 15) is 0 Å². The Labute approximate surface area is 82.0 Å². The van der Waals surface area contributed by atoms with Crippen LogP contribution in [-0.2, 0) is 0 Å². The lowest BCUT2D eigenvalue weighted by Gasteiger charge is -2.29. The van der Waals surface area contributed by atoms with Gasteiger partial charge in [0.1, 0.15) is 17.7 Å². The normalized spacial score (nSPS) is 20.6. The first kappa shape index (κ1) is 9.17. The molecule has 1 unspecified atom stereocenters. The number of nitrogens with one attached hydrogen (secondary N) is 1. The van der Waals surface area contributed by atoms with E-state index < -0.39 is 6.17 Å². The SMILES string of the molecule is [CH2]CCC1=Nc2[nH]cnc2C(N)N1N. The molecule has 6 nitrogen and oxygen atoms in total. The number of hydrogen-bond acceptors (Lipinski definition) is 5. The Kier molecular flexibility index (Phi) is 2.22. The van der Waals surface area contributed by atoms with E-state index in [0.717, 1.165) is 12.3 Å². The quantitative estimate of drug-likeness (QED) is 0.584. The van der Waals surface area contributed by atoms with Crippen molar-refractivity contribution in [2.45, 2.75) is 19.0 Å². The molecule has 2 heterocycles.